The minimum Gasteiger partial charge on any atom is -0.343 e. The van der Waals surface area contributed by atoms with Crippen molar-refractivity contribution >= 4 is 5.91 Å². The number of hydrogen-bond donors (Lipinski definition) is 1. The van der Waals surface area contributed by atoms with Crippen LogP contribution in [0.5, 0.6) is 0 Å². The Balaban J connectivity index is 1.79. The molecule has 0 bridgehead atoms. The Bertz CT molecular complexity index is 283. The van der Waals surface area contributed by atoms with Crippen molar-refractivity contribution in [2.24, 2.45) is 5.92 Å². The molecule has 1 saturated carbocycles. The summed E-state index contributed by atoms with van der Waals surface area (Å²) in [6.07, 6.45) is 6.31. The third kappa shape index (κ3) is 4.18. The number of rotatable bonds is 4. The maximum Gasteiger partial charge on any atom is 0.226 e. The predicted octanol–water partition coefficient (Wildman–Crippen LogP) is 1.32. The average Bonchev–Trinajstić information content (AvgIpc) is 2.47. The number of nitrogens with one attached hydrogen (secondary N) is 1. The Morgan fingerprint density at radius 1 is 1.26 bits per heavy atom. The van der Waals surface area contributed by atoms with Crippen LogP contribution in [0, 0.1) is 5.92 Å². The van der Waals surface area contributed by atoms with Crippen LogP contribution in [0.1, 0.15) is 39.0 Å². The minimum absolute atomic E-state index is 0.130. The van der Waals surface area contributed by atoms with E-state index in [2.05, 4.69) is 17.1 Å². The van der Waals surface area contributed by atoms with Crippen LogP contribution in [0.15, 0.2) is 0 Å². The second-order valence-corrected chi connectivity index (χ2v) is 6.19. The average molecular weight is 267 g/mol. The number of amides is 1. The number of hydrogen-bond acceptors (Lipinski definition) is 3. The van der Waals surface area contributed by atoms with Crippen LogP contribution in [0.3, 0.4) is 0 Å². The van der Waals surface area contributed by atoms with Gasteiger partial charge in [-0.05, 0) is 12.8 Å². The van der Waals surface area contributed by atoms with Gasteiger partial charge in [-0.25, -0.2) is 0 Å². The molecule has 0 spiro atoms. The van der Waals surface area contributed by atoms with Crippen LogP contribution in [0.2, 0.25) is 0 Å². The molecular weight excluding hydrogens is 238 g/mol. The summed E-state index contributed by atoms with van der Waals surface area (Å²) < 4.78 is 0. The molecule has 1 atom stereocenters. The van der Waals surface area contributed by atoms with Gasteiger partial charge in [-0.2, -0.15) is 0 Å². The first-order valence-corrected chi connectivity index (χ1v) is 7.88. The predicted molar refractivity (Wildman–Crippen MR) is 78.1 cm³/mol. The third-order valence-corrected chi connectivity index (χ3v) is 4.63. The molecule has 1 heterocycles. The highest BCUT2D eigenvalue weighted by Crippen LogP contribution is 2.22. The second kappa shape index (κ2) is 7.25. The van der Waals surface area contributed by atoms with E-state index in [0.717, 1.165) is 32.7 Å². The molecule has 1 aliphatic carbocycles. The van der Waals surface area contributed by atoms with Crippen molar-refractivity contribution in [3.8, 4) is 0 Å². The summed E-state index contributed by atoms with van der Waals surface area (Å²) >= 11 is 0. The van der Waals surface area contributed by atoms with E-state index in [-0.39, 0.29) is 5.92 Å². The molecule has 4 heteroatoms. The van der Waals surface area contributed by atoms with Crippen molar-refractivity contribution in [1.29, 1.82) is 0 Å². The van der Waals surface area contributed by atoms with Gasteiger partial charge in [0.1, 0.15) is 0 Å². The summed E-state index contributed by atoms with van der Waals surface area (Å²) in [5.41, 5.74) is 0. The lowest BCUT2D eigenvalue weighted by Gasteiger charge is -2.35. The fraction of sp³-hybridized carbons (Fsp3) is 0.933. The van der Waals surface area contributed by atoms with Crippen molar-refractivity contribution in [2.75, 3.05) is 39.8 Å². The van der Waals surface area contributed by atoms with Crippen molar-refractivity contribution in [2.45, 2.75) is 45.1 Å². The van der Waals surface area contributed by atoms with Gasteiger partial charge in [-0.15, -0.1) is 0 Å². The smallest absolute Gasteiger partial charge is 0.226 e. The Kier molecular flexibility index (Phi) is 5.64. The first-order chi connectivity index (χ1) is 9.18. The SMILES string of the molecule is CC(CN1CCNCC1)C(=O)N(C)C1CCCCC1. The molecule has 2 rings (SSSR count). The topological polar surface area (TPSA) is 35.6 Å². The third-order valence-electron chi connectivity index (χ3n) is 4.63. The summed E-state index contributed by atoms with van der Waals surface area (Å²) in [6, 6.07) is 0.492. The summed E-state index contributed by atoms with van der Waals surface area (Å²) in [7, 11) is 2.01. The highest BCUT2D eigenvalue weighted by Gasteiger charge is 2.26. The molecule has 1 saturated heterocycles. The lowest BCUT2D eigenvalue weighted by molar-refractivity contribution is -0.137. The summed E-state index contributed by atoms with van der Waals surface area (Å²) in [4.78, 5) is 16.9. The molecule has 4 nitrogen and oxygen atoms in total. The molecule has 0 aromatic rings. The normalized spacial score (nSPS) is 24.1. The molecule has 2 aliphatic rings. The van der Waals surface area contributed by atoms with Gasteiger partial charge >= 0.3 is 0 Å². The monoisotopic (exact) mass is 267 g/mol. The molecule has 0 radical (unpaired) electrons. The Labute approximate surface area is 117 Å². The lowest BCUT2D eigenvalue weighted by Crippen LogP contribution is -2.48. The van der Waals surface area contributed by atoms with Crippen LogP contribution >= 0.6 is 0 Å². The summed E-state index contributed by atoms with van der Waals surface area (Å²) in [5.74, 6) is 0.468. The van der Waals surface area contributed by atoms with Gasteiger partial charge in [0, 0.05) is 51.7 Å². The van der Waals surface area contributed by atoms with E-state index in [4.69, 9.17) is 0 Å². The van der Waals surface area contributed by atoms with E-state index in [1.54, 1.807) is 0 Å². The van der Waals surface area contributed by atoms with E-state index in [1.165, 1.54) is 32.1 Å². The zero-order valence-electron chi connectivity index (χ0n) is 12.5. The largest absolute Gasteiger partial charge is 0.343 e. The zero-order valence-corrected chi connectivity index (χ0v) is 12.5. The fourth-order valence-corrected chi connectivity index (χ4v) is 3.36. The fourth-order valence-electron chi connectivity index (χ4n) is 3.36. The van der Waals surface area contributed by atoms with Crippen LogP contribution in [-0.2, 0) is 4.79 Å². The first kappa shape index (κ1) is 14.8. The Morgan fingerprint density at radius 2 is 1.89 bits per heavy atom. The minimum atomic E-state index is 0.130. The van der Waals surface area contributed by atoms with Crippen LogP contribution in [-0.4, -0.2) is 61.5 Å². The zero-order chi connectivity index (χ0) is 13.7. The summed E-state index contributed by atoms with van der Waals surface area (Å²) in [5, 5.41) is 3.35. The van der Waals surface area contributed by atoms with E-state index >= 15 is 0 Å². The van der Waals surface area contributed by atoms with Gasteiger partial charge in [-0.1, -0.05) is 26.2 Å². The molecule has 0 aromatic heterocycles. The maximum absolute atomic E-state index is 12.5. The quantitative estimate of drug-likeness (QED) is 0.834. The number of carbonyl (C=O) groups is 1. The molecule has 1 amide bonds. The standard InChI is InChI=1S/C15H29N3O/c1-13(12-18-10-8-16-9-11-18)15(19)17(2)14-6-4-3-5-7-14/h13-14,16H,3-12H2,1-2H3. The van der Waals surface area contributed by atoms with Gasteiger partial charge in [0.15, 0.2) is 0 Å². The molecule has 1 unspecified atom stereocenters. The summed E-state index contributed by atoms with van der Waals surface area (Å²) in [6.45, 7) is 7.26. The van der Waals surface area contributed by atoms with Gasteiger partial charge in [0.05, 0.1) is 0 Å². The molecular formula is C15H29N3O. The van der Waals surface area contributed by atoms with Crippen molar-refractivity contribution in [3.63, 3.8) is 0 Å². The molecule has 19 heavy (non-hydrogen) atoms. The molecule has 1 aliphatic heterocycles. The number of carbonyl (C=O) groups excluding carboxylic acids is 1. The van der Waals surface area contributed by atoms with Crippen molar-refractivity contribution in [1.82, 2.24) is 15.1 Å². The van der Waals surface area contributed by atoms with E-state index < -0.39 is 0 Å². The Morgan fingerprint density at radius 3 is 2.53 bits per heavy atom. The Hall–Kier alpha value is -0.610. The van der Waals surface area contributed by atoms with Crippen LogP contribution in [0.4, 0.5) is 0 Å². The van der Waals surface area contributed by atoms with Crippen LogP contribution in [0.25, 0.3) is 0 Å². The second-order valence-electron chi connectivity index (χ2n) is 6.19. The van der Waals surface area contributed by atoms with Gasteiger partial charge in [0.25, 0.3) is 0 Å². The number of nitrogens with zero attached hydrogens (tertiary/aromatic N) is 2. The molecule has 2 fully saturated rings. The number of piperazine rings is 1. The van der Waals surface area contributed by atoms with Gasteiger partial charge < -0.3 is 15.1 Å². The van der Waals surface area contributed by atoms with E-state index in [0.29, 0.717) is 11.9 Å². The highest BCUT2D eigenvalue weighted by molar-refractivity contribution is 5.78. The molecule has 0 aromatic carbocycles. The van der Waals surface area contributed by atoms with Crippen molar-refractivity contribution in [3.05, 3.63) is 0 Å². The first-order valence-electron chi connectivity index (χ1n) is 7.88. The van der Waals surface area contributed by atoms with Crippen LogP contribution < -0.4 is 5.32 Å². The highest BCUT2D eigenvalue weighted by atomic mass is 16.2. The molecule has 110 valence electrons. The van der Waals surface area contributed by atoms with Crippen molar-refractivity contribution < 1.29 is 4.79 Å². The van der Waals surface area contributed by atoms with E-state index in [9.17, 15) is 4.79 Å². The van der Waals surface area contributed by atoms with Gasteiger partial charge in [0.2, 0.25) is 5.91 Å². The lowest BCUT2D eigenvalue weighted by atomic mass is 9.93. The molecule has 1 N–H and O–H groups in total. The van der Waals surface area contributed by atoms with E-state index in [1.807, 2.05) is 11.9 Å². The van der Waals surface area contributed by atoms with Gasteiger partial charge in [-0.3, -0.25) is 4.79 Å². The maximum atomic E-state index is 12.5.